The van der Waals surface area contributed by atoms with Crippen LogP contribution in [0, 0.1) is 0 Å². The van der Waals surface area contributed by atoms with Crippen LogP contribution in [0.15, 0.2) is 11.5 Å². The normalized spacial score (nSPS) is 11.1. The number of rotatable bonds is 4. The summed E-state index contributed by atoms with van der Waals surface area (Å²) in [7, 11) is -2.27. The SMILES string of the molecule is C=C(C[P+](=O)[O-])SCC. The zero-order valence-corrected chi connectivity index (χ0v) is 7.00. The molecule has 0 radical (unpaired) electrons. The van der Waals surface area contributed by atoms with Crippen LogP contribution in [0.2, 0.25) is 0 Å². The molecule has 0 saturated carbocycles. The van der Waals surface area contributed by atoms with Crippen molar-refractivity contribution in [2.75, 3.05) is 11.9 Å². The van der Waals surface area contributed by atoms with Gasteiger partial charge < -0.3 is 4.89 Å². The Morgan fingerprint density at radius 1 is 1.89 bits per heavy atom. The maximum absolute atomic E-state index is 10.0. The molecule has 9 heavy (non-hydrogen) atoms. The Kier molecular flexibility index (Phi) is 5.06. The smallest absolute Gasteiger partial charge is 0.314 e. The lowest BCUT2D eigenvalue weighted by Gasteiger charge is -1.93. The molecule has 0 aliphatic heterocycles. The average Bonchev–Trinajstić information content (AvgIpc) is 1.63. The fourth-order valence-corrected chi connectivity index (χ4v) is 1.77. The first-order chi connectivity index (χ1) is 4.16. The summed E-state index contributed by atoms with van der Waals surface area (Å²) >= 11 is 1.48. The monoisotopic (exact) mass is 164 g/mol. The van der Waals surface area contributed by atoms with Crippen molar-refractivity contribution >= 4 is 19.8 Å². The summed E-state index contributed by atoms with van der Waals surface area (Å²) < 4.78 is 10.0. The molecule has 0 rings (SSSR count). The molecule has 0 spiro atoms. The van der Waals surface area contributed by atoms with Crippen molar-refractivity contribution in [2.45, 2.75) is 6.92 Å². The number of allylic oxidation sites excluding steroid dienone is 1. The van der Waals surface area contributed by atoms with Gasteiger partial charge in [-0.2, -0.15) is 0 Å². The van der Waals surface area contributed by atoms with E-state index in [1.54, 1.807) is 0 Å². The lowest BCUT2D eigenvalue weighted by Crippen LogP contribution is -1.91. The largest absolute Gasteiger partial charge is 0.595 e. The molecule has 0 N–H and O–H groups in total. The molecular formula is C5H9O2PS. The molecule has 0 aromatic heterocycles. The maximum atomic E-state index is 10.0. The van der Waals surface area contributed by atoms with Crippen molar-refractivity contribution in [1.29, 1.82) is 0 Å². The third kappa shape index (κ3) is 6.03. The van der Waals surface area contributed by atoms with Gasteiger partial charge in [0.25, 0.3) is 0 Å². The Hall–Kier alpha value is 0.150. The van der Waals surface area contributed by atoms with Crippen LogP contribution < -0.4 is 4.89 Å². The van der Waals surface area contributed by atoms with Crippen LogP contribution >= 0.6 is 19.8 Å². The van der Waals surface area contributed by atoms with Crippen LogP contribution in [0.1, 0.15) is 6.92 Å². The molecule has 4 heteroatoms. The molecule has 0 heterocycles. The summed E-state index contributed by atoms with van der Waals surface area (Å²) in [5.74, 6) is 0.891. The summed E-state index contributed by atoms with van der Waals surface area (Å²) in [6, 6.07) is 0. The minimum atomic E-state index is -2.27. The molecule has 0 amide bonds. The van der Waals surface area contributed by atoms with E-state index in [2.05, 4.69) is 6.58 Å². The topological polar surface area (TPSA) is 40.1 Å². The highest BCUT2D eigenvalue weighted by atomic mass is 32.2. The zero-order chi connectivity index (χ0) is 7.28. The van der Waals surface area contributed by atoms with E-state index in [1.165, 1.54) is 11.8 Å². The molecule has 0 aliphatic carbocycles. The minimum absolute atomic E-state index is 0.119. The number of hydrogen-bond acceptors (Lipinski definition) is 3. The highest BCUT2D eigenvalue weighted by Gasteiger charge is 2.02. The maximum Gasteiger partial charge on any atom is 0.314 e. The molecular weight excluding hydrogens is 155 g/mol. The van der Waals surface area contributed by atoms with E-state index in [-0.39, 0.29) is 6.16 Å². The summed E-state index contributed by atoms with van der Waals surface area (Å²) in [4.78, 5) is 10.8. The van der Waals surface area contributed by atoms with E-state index in [9.17, 15) is 9.46 Å². The predicted octanol–water partition coefficient (Wildman–Crippen LogP) is 1.36. The molecule has 1 atom stereocenters. The fraction of sp³-hybridized carbons (Fsp3) is 0.600. The zero-order valence-electron chi connectivity index (χ0n) is 5.29. The van der Waals surface area contributed by atoms with Crippen molar-refractivity contribution in [3.8, 4) is 0 Å². The van der Waals surface area contributed by atoms with Crippen LogP contribution in [0.5, 0.6) is 0 Å². The average molecular weight is 164 g/mol. The van der Waals surface area contributed by atoms with Gasteiger partial charge in [0, 0.05) is 4.91 Å². The molecule has 0 aliphatic rings. The first-order valence-corrected chi connectivity index (χ1v) is 4.94. The lowest BCUT2D eigenvalue weighted by molar-refractivity contribution is -0.163. The van der Waals surface area contributed by atoms with Gasteiger partial charge in [-0.05, 0) is 5.75 Å². The molecule has 0 aromatic rings. The number of hydrogen-bond donors (Lipinski definition) is 0. The van der Waals surface area contributed by atoms with Gasteiger partial charge >= 0.3 is 8.03 Å². The van der Waals surface area contributed by atoms with Crippen LogP contribution in [-0.2, 0) is 4.57 Å². The van der Waals surface area contributed by atoms with Gasteiger partial charge in [0.2, 0.25) is 0 Å². The standard InChI is InChI=1S/C5H9O2PS/c1-3-9-5(2)4-8(6)7/h2-4H2,1H3. The molecule has 0 bridgehead atoms. The van der Waals surface area contributed by atoms with E-state index in [0.29, 0.717) is 0 Å². The molecule has 52 valence electrons. The van der Waals surface area contributed by atoms with Gasteiger partial charge in [-0.15, -0.1) is 11.8 Å². The van der Waals surface area contributed by atoms with Gasteiger partial charge in [0.1, 0.15) is 0 Å². The predicted molar refractivity (Wildman–Crippen MR) is 39.7 cm³/mol. The van der Waals surface area contributed by atoms with Crippen LogP contribution in [0.25, 0.3) is 0 Å². The van der Waals surface area contributed by atoms with E-state index >= 15 is 0 Å². The van der Waals surface area contributed by atoms with Gasteiger partial charge in [-0.1, -0.05) is 18.1 Å². The van der Waals surface area contributed by atoms with Gasteiger partial charge in [0.05, 0.1) is 0 Å². The van der Waals surface area contributed by atoms with E-state index in [0.717, 1.165) is 10.7 Å². The molecule has 0 saturated heterocycles. The highest BCUT2D eigenvalue weighted by molar-refractivity contribution is 8.03. The Morgan fingerprint density at radius 3 is 2.78 bits per heavy atom. The molecule has 0 aromatic carbocycles. The summed E-state index contributed by atoms with van der Waals surface area (Å²) in [5, 5.41) is 0. The quantitative estimate of drug-likeness (QED) is 0.589. The first kappa shape index (κ1) is 9.15. The van der Waals surface area contributed by atoms with E-state index in [1.807, 2.05) is 6.92 Å². The number of thioether (sulfide) groups is 1. The highest BCUT2D eigenvalue weighted by Crippen LogP contribution is 2.21. The van der Waals surface area contributed by atoms with Crippen molar-refractivity contribution in [1.82, 2.24) is 0 Å². The van der Waals surface area contributed by atoms with Crippen molar-refractivity contribution in [2.24, 2.45) is 0 Å². The van der Waals surface area contributed by atoms with Crippen LogP contribution in [0.3, 0.4) is 0 Å². The second-order valence-electron chi connectivity index (χ2n) is 1.46. The van der Waals surface area contributed by atoms with Crippen molar-refractivity contribution < 1.29 is 9.46 Å². The van der Waals surface area contributed by atoms with E-state index in [4.69, 9.17) is 0 Å². The summed E-state index contributed by atoms with van der Waals surface area (Å²) in [6.07, 6.45) is 0.119. The van der Waals surface area contributed by atoms with Crippen molar-refractivity contribution in [3.63, 3.8) is 0 Å². The van der Waals surface area contributed by atoms with Crippen LogP contribution in [0.4, 0.5) is 0 Å². The molecule has 2 nitrogen and oxygen atoms in total. The Morgan fingerprint density at radius 2 is 2.44 bits per heavy atom. The minimum Gasteiger partial charge on any atom is -0.595 e. The summed E-state index contributed by atoms with van der Waals surface area (Å²) in [5.41, 5.74) is 0. The van der Waals surface area contributed by atoms with Crippen LogP contribution in [-0.4, -0.2) is 11.9 Å². The van der Waals surface area contributed by atoms with E-state index < -0.39 is 8.03 Å². The Balaban J connectivity index is 3.39. The van der Waals surface area contributed by atoms with Gasteiger partial charge in [-0.25, -0.2) is 0 Å². The second kappa shape index (κ2) is 4.98. The molecule has 1 unspecified atom stereocenters. The van der Waals surface area contributed by atoms with Gasteiger partial charge in [0.15, 0.2) is 6.16 Å². The molecule has 0 fully saturated rings. The fourth-order valence-electron chi connectivity index (χ4n) is 0.394. The first-order valence-electron chi connectivity index (χ1n) is 2.59. The second-order valence-corrected chi connectivity index (χ2v) is 3.89. The Labute approximate surface area is 60.2 Å². The third-order valence-electron chi connectivity index (χ3n) is 0.654. The Bertz CT molecular complexity index is 124. The lowest BCUT2D eigenvalue weighted by atomic mass is 10.7. The summed E-state index contributed by atoms with van der Waals surface area (Å²) in [6.45, 7) is 5.53. The van der Waals surface area contributed by atoms with Gasteiger partial charge in [-0.3, -0.25) is 0 Å². The van der Waals surface area contributed by atoms with Crippen molar-refractivity contribution in [3.05, 3.63) is 11.5 Å². The third-order valence-corrected chi connectivity index (χ3v) is 2.35.